The van der Waals surface area contributed by atoms with Crippen LogP contribution in [0.2, 0.25) is 0 Å². The molecule has 0 saturated heterocycles. The highest BCUT2D eigenvalue weighted by Crippen LogP contribution is 2.30. The van der Waals surface area contributed by atoms with Gasteiger partial charge in [0.15, 0.2) is 11.6 Å². The minimum absolute atomic E-state index is 0.0265. The van der Waals surface area contributed by atoms with Crippen LogP contribution >= 0.6 is 15.9 Å². The summed E-state index contributed by atoms with van der Waals surface area (Å²) >= 11 is 3.30. The van der Waals surface area contributed by atoms with Gasteiger partial charge in [0.05, 0.1) is 13.0 Å². The van der Waals surface area contributed by atoms with Crippen LogP contribution in [-0.4, -0.2) is 24.5 Å². The van der Waals surface area contributed by atoms with E-state index in [-0.39, 0.29) is 5.91 Å². The number of nitrogens with zero attached hydrogens (tertiary/aromatic N) is 2. The lowest BCUT2D eigenvalue weighted by Crippen LogP contribution is -2.25. The van der Waals surface area contributed by atoms with Crippen molar-refractivity contribution in [2.24, 2.45) is 0 Å². The maximum Gasteiger partial charge on any atom is 0.231 e. The van der Waals surface area contributed by atoms with Crippen LogP contribution in [-0.2, 0) is 4.79 Å². The molecule has 4 nitrogen and oxygen atoms in total. The van der Waals surface area contributed by atoms with Gasteiger partial charge in [-0.2, -0.15) is 0 Å². The van der Waals surface area contributed by atoms with Crippen molar-refractivity contribution in [1.29, 1.82) is 0 Å². The van der Waals surface area contributed by atoms with E-state index in [0.29, 0.717) is 24.6 Å². The predicted molar refractivity (Wildman–Crippen MR) is 55.5 cm³/mol. The van der Waals surface area contributed by atoms with Gasteiger partial charge in [0.2, 0.25) is 5.91 Å². The molecule has 0 radical (unpaired) electrons. The van der Waals surface area contributed by atoms with Crippen LogP contribution in [0.25, 0.3) is 0 Å². The highest BCUT2D eigenvalue weighted by Gasteiger charge is 2.20. The molecule has 1 aromatic heterocycles. The molecule has 1 aromatic rings. The summed E-state index contributed by atoms with van der Waals surface area (Å²) in [4.78, 5) is 17.1. The number of amides is 1. The molecule has 2 rings (SSSR count). The molecular weight excluding hydrogens is 248 g/mol. The zero-order chi connectivity index (χ0) is 10.1. The summed E-state index contributed by atoms with van der Waals surface area (Å²) in [5, 5.41) is 0. The van der Waals surface area contributed by atoms with Gasteiger partial charge in [0, 0.05) is 17.7 Å². The zero-order valence-corrected chi connectivity index (χ0v) is 9.24. The highest BCUT2D eigenvalue weighted by molar-refractivity contribution is 9.10. The monoisotopic (exact) mass is 256 g/mol. The van der Waals surface area contributed by atoms with Gasteiger partial charge in [-0.25, -0.2) is 4.98 Å². The Morgan fingerprint density at radius 2 is 2.43 bits per heavy atom. The van der Waals surface area contributed by atoms with Crippen LogP contribution in [0.4, 0.5) is 5.82 Å². The summed E-state index contributed by atoms with van der Waals surface area (Å²) < 4.78 is 6.26. The molecule has 0 saturated carbocycles. The van der Waals surface area contributed by atoms with Gasteiger partial charge in [-0.1, -0.05) is 0 Å². The molecule has 5 heteroatoms. The third kappa shape index (κ3) is 1.59. The number of ether oxygens (including phenoxy) is 1. The number of anilines is 1. The van der Waals surface area contributed by atoms with E-state index in [1.54, 1.807) is 13.2 Å². The topological polar surface area (TPSA) is 42.4 Å². The maximum absolute atomic E-state index is 11.5. The molecule has 0 unspecified atom stereocenters. The molecule has 14 heavy (non-hydrogen) atoms. The second kappa shape index (κ2) is 3.57. The van der Waals surface area contributed by atoms with E-state index in [2.05, 4.69) is 20.9 Å². The predicted octanol–water partition coefficient (Wildman–Crippen LogP) is 1.59. The number of halogens is 1. The van der Waals surface area contributed by atoms with Crippen molar-refractivity contribution in [2.75, 3.05) is 18.6 Å². The van der Waals surface area contributed by atoms with Gasteiger partial charge in [-0.15, -0.1) is 0 Å². The fourth-order valence-electron chi connectivity index (χ4n) is 1.31. The molecule has 1 aliphatic heterocycles. The first-order valence-corrected chi connectivity index (χ1v) is 5.02. The molecule has 0 bridgehead atoms. The Bertz CT molecular complexity index is 381. The van der Waals surface area contributed by atoms with Crippen LogP contribution in [0.1, 0.15) is 6.42 Å². The summed E-state index contributed by atoms with van der Waals surface area (Å²) in [5.41, 5.74) is 0. The summed E-state index contributed by atoms with van der Waals surface area (Å²) in [7, 11) is 1.71. The first-order chi connectivity index (χ1) is 6.68. The minimum atomic E-state index is 0.0265. The van der Waals surface area contributed by atoms with Crippen LogP contribution in [0, 0.1) is 0 Å². The van der Waals surface area contributed by atoms with Crippen molar-refractivity contribution in [3.05, 3.63) is 16.7 Å². The maximum atomic E-state index is 11.5. The molecule has 2 heterocycles. The number of carbonyl (C=O) groups is 1. The normalized spacial score (nSPS) is 15.9. The average molecular weight is 257 g/mol. The fourth-order valence-corrected chi connectivity index (χ4v) is 1.62. The van der Waals surface area contributed by atoms with Gasteiger partial charge in [0.1, 0.15) is 0 Å². The van der Waals surface area contributed by atoms with Crippen molar-refractivity contribution >= 4 is 27.7 Å². The second-order valence-corrected chi connectivity index (χ2v) is 3.94. The summed E-state index contributed by atoms with van der Waals surface area (Å²) in [6.07, 6.45) is 2.04. The number of hydrogen-bond acceptors (Lipinski definition) is 3. The molecule has 1 amide bonds. The van der Waals surface area contributed by atoms with Crippen molar-refractivity contribution in [2.45, 2.75) is 6.42 Å². The Hall–Kier alpha value is -1.10. The van der Waals surface area contributed by atoms with E-state index in [1.807, 2.05) is 6.07 Å². The molecular formula is C9H9BrN2O2. The number of carbonyl (C=O) groups excluding carboxylic acids is 1. The molecule has 0 aliphatic carbocycles. The van der Waals surface area contributed by atoms with Gasteiger partial charge in [-0.05, 0) is 22.0 Å². The number of aromatic nitrogens is 1. The largest absolute Gasteiger partial charge is 0.489 e. The third-order valence-corrected chi connectivity index (χ3v) is 2.50. The lowest BCUT2D eigenvalue weighted by molar-refractivity contribution is -0.118. The van der Waals surface area contributed by atoms with Gasteiger partial charge in [0.25, 0.3) is 0 Å². The highest BCUT2D eigenvalue weighted by atomic mass is 79.9. The Labute approximate surface area is 90.0 Å². The summed E-state index contributed by atoms with van der Waals surface area (Å²) in [6, 6.07) is 1.82. The van der Waals surface area contributed by atoms with E-state index in [0.717, 1.165) is 4.47 Å². The van der Waals surface area contributed by atoms with Crippen LogP contribution in [0.5, 0.6) is 5.75 Å². The molecule has 0 atom stereocenters. The molecule has 0 fully saturated rings. The average Bonchev–Trinajstić information content (AvgIpc) is 2.28. The Kier molecular flexibility index (Phi) is 2.41. The molecule has 0 spiro atoms. The van der Waals surface area contributed by atoms with Crippen LogP contribution in [0.15, 0.2) is 16.7 Å². The van der Waals surface area contributed by atoms with Crippen LogP contribution in [0.3, 0.4) is 0 Å². The number of rotatable bonds is 0. The van der Waals surface area contributed by atoms with Gasteiger partial charge >= 0.3 is 0 Å². The Morgan fingerprint density at radius 3 is 3.21 bits per heavy atom. The SMILES string of the molecule is CN1C(=O)CCOc2cc(Br)cnc21. The molecule has 0 N–H and O–H groups in total. The van der Waals surface area contributed by atoms with E-state index in [1.165, 1.54) is 4.90 Å². The lowest BCUT2D eigenvalue weighted by Gasteiger charge is -2.14. The number of hydrogen-bond donors (Lipinski definition) is 0. The van der Waals surface area contributed by atoms with Crippen molar-refractivity contribution in [1.82, 2.24) is 4.98 Å². The van der Waals surface area contributed by atoms with Gasteiger partial charge in [-0.3, -0.25) is 9.69 Å². The molecule has 1 aliphatic rings. The summed E-state index contributed by atoms with van der Waals surface area (Å²) in [5.74, 6) is 1.25. The molecule has 74 valence electrons. The smallest absolute Gasteiger partial charge is 0.231 e. The zero-order valence-electron chi connectivity index (χ0n) is 7.66. The standard InChI is InChI=1S/C9H9BrN2O2/c1-12-8(13)2-3-14-7-4-6(10)5-11-9(7)12/h4-5H,2-3H2,1H3. The van der Waals surface area contributed by atoms with E-state index >= 15 is 0 Å². The molecule has 0 aromatic carbocycles. The quantitative estimate of drug-likeness (QED) is 0.708. The van der Waals surface area contributed by atoms with Crippen molar-refractivity contribution in [3.63, 3.8) is 0 Å². The van der Waals surface area contributed by atoms with E-state index < -0.39 is 0 Å². The van der Waals surface area contributed by atoms with E-state index in [9.17, 15) is 4.79 Å². The first kappa shape index (κ1) is 9.45. The summed E-state index contributed by atoms with van der Waals surface area (Å²) in [6.45, 7) is 0.411. The van der Waals surface area contributed by atoms with Crippen molar-refractivity contribution in [3.8, 4) is 5.75 Å². The fraction of sp³-hybridized carbons (Fsp3) is 0.333. The third-order valence-electron chi connectivity index (χ3n) is 2.06. The van der Waals surface area contributed by atoms with Gasteiger partial charge < -0.3 is 4.74 Å². The second-order valence-electron chi connectivity index (χ2n) is 3.03. The van der Waals surface area contributed by atoms with Crippen molar-refractivity contribution < 1.29 is 9.53 Å². The van der Waals surface area contributed by atoms with E-state index in [4.69, 9.17) is 4.74 Å². The lowest BCUT2D eigenvalue weighted by atomic mass is 10.4. The number of fused-ring (bicyclic) bond motifs is 1. The number of pyridine rings is 1. The minimum Gasteiger partial charge on any atom is -0.489 e. The first-order valence-electron chi connectivity index (χ1n) is 4.23. The Balaban J connectivity index is 2.48. The Morgan fingerprint density at radius 1 is 1.64 bits per heavy atom. The van der Waals surface area contributed by atoms with Crippen LogP contribution < -0.4 is 9.64 Å².